The van der Waals surface area contributed by atoms with Gasteiger partial charge in [-0.15, -0.1) is 0 Å². The van der Waals surface area contributed by atoms with Gasteiger partial charge in [0, 0.05) is 26.2 Å². The highest BCUT2D eigenvalue weighted by Crippen LogP contribution is 2.22. The van der Waals surface area contributed by atoms with Crippen LogP contribution in [0.25, 0.3) is 5.57 Å². The summed E-state index contributed by atoms with van der Waals surface area (Å²) < 4.78 is 24.7. The molecule has 160 valence electrons. The summed E-state index contributed by atoms with van der Waals surface area (Å²) in [6, 6.07) is 19.8. The Bertz CT molecular complexity index is 954. The van der Waals surface area contributed by atoms with E-state index in [-0.39, 0.29) is 11.5 Å². The van der Waals surface area contributed by atoms with Crippen molar-refractivity contribution < 1.29 is 8.42 Å². The molecule has 0 fully saturated rings. The Morgan fingerprint density at radius 1 is 1.07 bits per heavy atom. The molecule has 0 spiro atoms. The summed E-state index contributed by atoms with van der Waals surface area (Å²) >= 11 is 0. The minimum Gasteiger partial charge on any atom is -0.357 e. The Kier molecular flexibility index (Phi) is 8.08. The molecule has 1 N–H and O–H groups in total. The number of rotatable bonds is 8. The SMILES string of the molecule is CCNC(=NCCCS(=O)(=O)Cc1ccccc1)N1CC=C(c2ccccc2)CC1. The Labute approximate surface area is 180 Å². The van der Waals surface area contributed by atoms with Crippen LogP contribution < -0.4 is 5.32 Å². The van der Waals surface area contributed by atoms with Gasteiger partial charge >= 0.3 is 0 Å². The molecule has 0 amide bonds. The van der Waals surface area contributed by atoms with Crippen LogP contribution in [0, 0.1) is 0 Å². The fraction of sp³-hybridized carbons (Fsp3) is 0.375. The first-order valence-electron chi connectivity index (χ1n) is 10.6. The van der Waals surface area contributed by atoms with Crippen molar-refractivity contribution in [1.29, 1.82) is 0 Å². The lowest BCUT2D eigenvalue weighted by atomic mass is 10.00. The Balaban J connectivity index is 1.53. The molecule has 0 aliphatic carbocycles. The van der Waals surface area contributed by atoms with Gasteiger partial charge in [-0.2, -0.15) is 0 Å². The summed E-state index contributed by atoms with van der Waals surface area (Å²) in [5.41, 5.74) is 3.49. The van der Waals surface area contributed by atoms with Crippen LogP contribution in [0.3, 0.4) is 0 Å². The molecule has 0 aromatic heterocycles. The van der Waals surface area contributed by atoms with Gasteiger partial charge in [0.2, 0.25) is 0 Å². The van der Waals surface area contributed by atoms with Crippen LogP contribution in [-0.4, -0.2) is 51.2 Å². The Hall–Kier alpha value is -2.60. The standard InChI is InChI=1S/C24H31N3O2S/c1-2-25-24(27-17-14-23(15-18-27)22-12-7-4-8-13-22)26-16-9-19-30(28,29)20-21-10-5-3-6-11-21/h3-8,10-14H,2,9,15-20H2,1H3,(H,25,26). The highest BCUT2D eigenvalue weighted by Gasteiger charge is 2.16. The molecule has 5 nitrogen and oxygen atoms in total. The van der Waals surface area contributed by atoms with E-state index >= 15 is 0 Å². The van der Waals surface area contributed by atoms with Gasteiger partial charge in [-0.25, -0.2) is 8.42 Å². The van der Waals surface area contributed by atoms with Gasteiger partial charge in [0.15, 0.2) is 15.8 Å². The second-order valence-electron chi connectivity index (χ2n) is 7.46. The molecule has 0 radical (unpaired) electrons. The summed E-state index contributed by atoms with van der Waals surface area (Å²) in [5, 5.41) is 3.34. The largest absolute Gasteiger partial charge is 0.357 e. The lowest BCUT2D eigenvalue weighted by Gasteiger charge is -2.30. The quantitative estimate of drug-likeness (QED) is 0.398. The van der Waals surface area contributed by atoms with Crippen molar-refractivity contribution >= 4 is 21.4 Å². The summed E-state index contributed by atoms with van der Waals surface area (Å²) in [7, 11) is -3.12. The molecule has 2 aromatic rings. The molecule has 0 saturated heterocycles. The highest BCUT2D eigenvalue weighted by atomic mass is 32.2. The van der Waals surface area contributed by atoms with Crippen molar-refractivity contribution in [2.45, 2.75) is 25.5 Å². The predicted octanol–water partition coefficient (Wildman–Crippen LogP) is 3.75. The summed E-state index contributed by atoms with van der Waals surface area (Å²) in [6.07, 6.45) is 3.76. The van der Waals surface area contributed by atoms with Crippen molar-refractivity contribution in [3.63, 3.8) is 0 Å². The fourth-order valence-corrected chi connectivity index (χ4v) is 4.99. The third kappa shape index (κ3) is 6.73. The molecule has 0 bridgehead atoms. The smallest absolute Gasteiger partial charge is 0.194 e. The van der Waals surface area contributed by atoms with Crippen LogP contribution in [0.2, 0.25) is 0 Å². The van der Waals surface area contributed by atoms with Gasteiger partial charge in [0.1, 0.15) is 0 Å². The molecule has 1 aliphatic heterocycles. The number of benzene rings is 2. The Morgan fingerprint density at radius 2 is 1.77 bits per heavy atom. The third-order valence-electron chi connectivity index (χ3n) is 5.09. The monoisotopic (exact) mass is 425 g/mol. The number of sulfone groups is 1. The lowest BCUT2D eigenvalue weighted by Crippen LogP contribution is -2.43. The van der Waals surface area contributed by atoms with E-state index in [4.69, 9.17) is 0 Å². The second kappa shape index (κ2) is 11.0. The summed E-state index contributed by atoms with van der Waals surface area (Å²) in [5.74, 6) is 1.11. The van der Waals surface area contributed by atoms with Crippen LogP contribution in [0.15, 0.2) is 71.7 Å². The maximum atomic E-state index is 12.4. The number of nitrogens with one attached hydrogen (secondary N) is 1. The molecule has 0 unspecified atom stereocenters. The van der Waals surface area contributed by atoms with Gasteiger partial charge in [-0.05, 0) is 36.5 Å². The van der Waals surface area contributed by atoms with Gasteiger partial charge in [-0.1, -0.05) is 66.7 Å². The maximum absolute atomic E-state index is 12.4. The summed E-state index contributed by atoms with van der Waals surface area (Å²) in [4.78, 5) is 6.91. The average Bonchev–Trinajstić information content (AvgIpc) is 2.77. The van der Waals surface area contributed by atoms with Crippen LogP contribution in [-0.2, 0) is 15.6 Å². The lowest BCUT2D eigenvalue weighted by molar-refractivity contribution is 0.440. The van der Waals surface area contributed by atoms with Gasteiger partial charge in [-0.3, -0.25) is 4.99 Å². The molecular formula is C24H31N3O2S. The van der Waals surface area contributed by atoms with E-state index in [1.807, 2.05) is 36.4 Å². The molecule has 1 aliphatic rings. The van der Waals surface area contributed by atoms with Crippen molar-refractivity contribution in [3.8, 4) is 0 Å². The first-order valence-corrected chi connectivity index (χ1v) is 12.4. The molecule has 6 heteroatoms. The fourth-order valence-electron chi connectivity index (χ4n) is 3.57. The molecule has 0 atom stereocenters. The van der Waals surface area contributed by atoms with Gasteiger partial charge in [0.05, 0.1) is 11.5 Å². The van der Waals surface area contributed by atoms with E-state index in [9.17, 15) is 8.42 Å². The van der Waals surface area contributed by atoms with E-state index in [0.717, 1.165) is 37.6 Å². The number of aliphatic imine (C=N–C) groups is 1. The Morgan fingerprint density at radius 3 is 2.40 bits per heavy atom. The van der Waals surface area contributed by atoms with E-state index in [0.29, 0.717) is 13.0 Å². The van der Waals surface area contributed by atoms with Crippen molar-refractivity contribution in [2.75, 3.05) is 31.9 Å². The topological polar surface area (TPSA) is 61.8 Å². The first-order chi connectivity index (χ1) is 14.6. The number of hydrogen-bond acceptors (Lipinski definition) is 3. The van der Waals surface area contributed by atoms with Gasteiger partial charge in [0.25, 0.3) is 0 Å². The molecule has 2 aromatic carbocycles. The van der Waals surface area contributed by atoms with Crippen molar-refractivity contribution in [1.82, 2.24) is 10.2 Å². The highest BCUT2D eigenvalue weighted by molar-refractivity contribution is 7.90. The van der Waals surface area contributed by atoms with E-state index in [1.54, 1.807) is 0 Å². The average molecular weight is 426 g/mol. The zero-order chi connectivity index (χ0) is 21.2. The van der Waals surface area contributed by atoms with Crippen LogP contribution in [0.5, 0.6) is 0 Å². The van der Waals surface area contributed by atoms with Crippen LogP contribution in [0.1, 0.15) is 30.9 Å². The minimum absolute atomic E-state index is 0.0941. The number of hydrogen-bond donors (Lipinski definition) is 1. The third-order valence-corrected chi connectivity index (χ3v) is 6.78. The van der Waals surface area contributed by atoms with Crippen LogP contribution in [0.4, 0.5) is 0 Å². The first kappa shape index (κ1) is 22.1. The van der Waals surface area contributed by atoms with E-state index in [1.165, 1.54) is 11.1 Å². The molecule has 30 heavy (non-hydrogen) atoms. The molecule has 1 heterocycles. The zero-order valence-corrected chi connectivity index (χ0v) is 18.4. The molecular weight excluding hydrogens is 394 g/mol. The van der Waals surface area contributed by atoms with Crippen molar-refractivity contribution in [2.24, 2.45) is 4.99 Å². The van der Waals surface area contributed by atoms with E-state index in [2.05, 4.69) is 52.5 Å². The maximum Gasteiger partial charge on any atom is 0.194 e. The molecule has 3 rings (SSSR count). The zero-order valence-electron chi connectivity index (χ0n) is 17.6. The predicted molar refractivity (Wildman–Crippen MR) is 125 cm³/mol. The van der Waals surface area contributed by atoms with Gasteiger partial charge < -0.3 is 10.2 Å². The second-order valence-corrected chi connectivity index (χ2v) is 9.64. The number of nitrogens with zero attached hydrogens (tertiary/aromatic N) is 2. The van der Waals surface area contributed by atoms with Crippen LogP contribution >= 0.6 is 0 Å². The van der Waals surface area contributed by atoms with Crippen molar-refractivity contribution in [3.05, 3.63) is 77.9 Å². The minimum atomic E-state index is -3.12. The molecule has 0 saturated carbocycles. The van der Waals surface area contributed by atoms with E-state index < -0.39 is 9.84 Å². The number of guanidine groups is 1. The summed E-state index contributed by atoms with van der Waals surface area (Å²) in [6.45, 7) is 5.05. The normalized spacial score (nSPS) is 15.0.